The Hall–Kier alpha value is -1.65. The van der Waals surface area contributed by atoms with Gasteiger partial charge in [-0.1, -0.05) is 35.9 Å². The highest BCUT2D eigenvalue weighted by Crippen LogP contribution is 2.22. The van der Waals surface area contributed by atoms with Crippen molar-refractivity contribution in [2.24, 2.45) is 0 Å². The largest absolute Gasteiger partial charge is 0.480 e. The van der Waals surface area contributed by atoms with E-state index in [1.54, 1.807) is 23.9 Å². The number of benzene rings is 2. The van der Waals surface area contributed by atoms with Crippen LogP contribution in [0.4, 0.5) is 5.69 Å². The van der Waals surface area contributed by atoms with Crippen LogP contribution in [0.3, 0.4) is 0 Å². The van der Waals surface area contributed by atoms with Crippen LogP contribution in [-0.2, 0) is 4.79 Å². The van der Waals surface area contributed by atoms with E-state index < -0.39 is 5.97 Å². The van der Waals surface area contributed by atoms with Gasteiger partial charge in [0.1, 0.15) is 6.54 Å². The van der Waals surface area contributed by atoms with Gasteiger partial charge in [0, 0.05) is 27.9 Å². The topological polar surface area (TPSA) is 40.5 Å². The maximum absolute atomic E-state index is 11.0. The number of halogens is 1. The van der Waals surface area contributed by atoms with Gasteiger partial charge >= 0.3 is 5.97 Å². The Morgan fingerprint density at radius 1 is 1.14 bits per heavy atom. The summed E-state index contributed by atoms with van der Waals surface area (Å²) >= 11 is 7.68. The van der Waals surface area contributed by atoms with Gasteiger partial charge in [0.05, 0.1) is 0 Å². The first-order chi connectivity index (χ1) is 10.1. The second kappa shape index (κ2) is 7.96. The number of rotatable bonds is 7. The van der Waals surface area contributed by atoms with Crippen LogP contribution in [0.2, 0.25) is 5.02 Å². The van der Waals surface area contributed by atoms with E-state index in [9.17, 15) is 4.79 Å². The summed E-state index contributed by atoms with van der Waals surface area (Å²) in [5.41, 5.74) is 0.832. The molecule has 0 heterocycles. The van der Waals surface area contributed by atoms with Gasteiger partial charge in [0.2, 0.25) is 0 Å². The molecule has 2 aromatic carbocycles. The van der Waals surface area contributed by atoms with Crippen molar-refractivity contribution < 1.29 is 9.90 Å². The van der Waals surface area contributed by atoms with Crippen molar-refractivity contribution in [3.05, 3.63) is 59.6 Å². The van der Waals surface area contributed by atoms with E-state index in [0.717, 1.165) is 11.4 Å². The minimum Gasteiger partial charge on any atom is -0.480 e. The predicted octanol–water partition coefficient (Wildman–Crippen LogP) is 4.02. The lowest BCUT2D eigenvalue weighted by molar-refractivity contribution is -0.135. The van der Waals surface area contributed by atoms with E-state index >= 15 is 0 Å². The molecule has 0 aromatic heterocycles. The Bertz CT molecular complexity index is 592. The van der Waals surface area contributed by atoms with E-state index in [1.165, 1.54) is 4.90 Å². The van der Waals surface area contributed by atoms with Crippen molar-refractivity contribution >= 4 is 35.0 Å². The lowest BCUT2D eigenvalue weighted by atomic mass is 10.3. The van der Waals surface area contributed by atoms with Gasteiger partial charge in [-0.05, 0) is 30.3 Å². The molecule has 0 saturated heterocycles. The third-order valence-electron chi connectivity index (χ3n) is 2.87. The highest BCUT2D eigenvalue weighted by Gasteiger charge is 2.11. The quantitative estimate of drug-likeness (QED) is 0.782. The zero-order chi connectivity index (χ0) is 15.1. The Kier molecular flexibility index (Phi) is 5.96. The molecule has 0 aliphatic heterocycles. The monoisotopic (exact) mass is 321 g/mol. The maximum Gasteiger partial charge on any atom is 0.323 e. The van der Waals surface area contributed by atoms with Crippen LogP contribution in [0.5, 0.6) is 0 Å². The predicted molar refractivity (Wildman–Crippen MR) is 88.5 cm³/mol. The average molecular weight is 322 g/mol. The van der Waals surface area contributed by atoms with Crippen molar-refractivity contribution in [1.29, 1.82) is 0 Å². The Labute approximate surface area is 133 Å². The summed E-state index contributed by atoms with van der Waals surface area (Å²) in [7, 11) is 0. The molecular weight excluding hydrogens is 306 g/mol. The van der Waals surface area contributed by atoms with Crippen molar-refractivity contribution in [2.45, 2.75) is 4.90 Å². The molecule has 2 aromatic rings. The third kappa shape index (κ3) is 5.33. The molecule has 110 valence electrons. The molecule has 5 heteroatoms. The second-order valence-corrected chi connectivity index (χ2v) is 6.06. The van der Waals surface area contributed by atoms with Crippen molar-refractivity contribution in [3.8, 4) is 0 Å². The summed E-state index contributed by atoms with van der Waals surface area (Å²) in [5.74, 6) is -0.0382. The fraction of sp³-hybridized carbons (Fsp3) is 0.188. The summed E-state index contributed by atoms with van der Waals surface area (Å²) in [6.07, 6.45) is 0. The molecule has 1 N–H and O–H groups in total. The van der Waals surface area contributed by atoms with E-state index in [-0.39, 0.29) is 6.54 Å². The number of aliphatic carboxylic acids is 1. The summed E-state index contributed by atoms with van der Waals surface area (Å²) in [6, 6.07) is 17.3. The van der Waals surface area contributed by atoms with E-state index in [0.29, 0.717) is 11.6 Å². The first-order valence-corrected chi connectivity index (χ1v) is 7.91. The zero-order valence-electron chi connectivity index (χ0n) is 11.4. The normalized spacial score (nSPS) is 10.3. The molecule has 0 saturated carbocycles. The molecule has 0 fully saturated rings. The standard InChI is InChI=1S/C16H16ClNO2S/c17-13-5-4-6-14(11-13)18(12-16(19)20)9-10-21-15-7-2-1-3-8-15/h1-8,11H,9-10,12H2,(H,19,20). The van der Waals surface area contributed by atoms with Gasteiger partial charge in [-0.3, -0.25) is 4.79 Å². The number of nitrogens with zero attached hydrogens (tertiary/aromatic N) is 1. The lowest BCUT2D eigenvalue weighted by Gasteiger charge is -2.22. The van der Waals surface area contributed by atoms with Crippen molar-refractivity contribution in [2.75, 3.05) is 23.7 Å². The minimum absolute atomic E-state index is 0.0321. The van der Waals surface area contributed by atoms with E-state index in [1.807, 2.05) is 47.4 Å². The van der Waals surface area contributed by atoms with Gasteiger partial charge in [-0.15, -0.1) is 11.8 Å². The van der Waals surface area contributed by atoms with Gasteiger partial charge in [0.15, 0.2) is 0 Å². The van der Waals surface area contributed by atoms with E-state index in [2.05, 4.69) is 0 Å². The minimum atomic E-state index is -0.848. The molecule has 0 bridgehead atoms. The lowest BCUT2D eigenvalue weighted by Crippen LogP contribution is -2.31. The zero-order valence-corrected chi connectivity index (χ0v) is 13.0. The average Bonchev–Trinajstić information content (AvgIpc) is 2.47. The summed E-state index contributed by atoms with van der Waals surface area (Å²) < 4.78 is 0. The summed E-state index contributed by atoms with van der Waals surface area (Å²) in [5, 5.41) is 9.66. The number of carboxylic acid groups (broad SMARTS) is 1. The molecular formula is C16H16ClNO2S. The van der Waals surface area contributed by atoms with Crippen LogP contribution in [0.15, 0.2) is 59.5 Å². The Balaban J connectivity index is 1.98. The van der Waals surface area contributed by atoms with Gasteiger partial charge < -0.3 is 10.0 Å². The van der Waals surface area contributed by atoms with Crippen molar-refractivity contribution in [3.63, 3.8) is 0 Å². The summed E-state index contributed by atoms with van der Waals surface area (Å²) in [4.78, 5) is 14.0. The number of hydrogen-bond acceptors (Lipinski definition) is 3. The van der Waals surface area contributed by atoms with Crippen LogP contribution < -0.4 is 4.90 Å². The maximum atomic E-state index is 11.0. The molecule has 0 atom stereocenters. The first kappa shape index (κ1) is 15.7. The SMILES string of the molecule is O=C(O)CN(CCSc1ccccc1)c1cccc(Cl)c1. The Morgan fingerprint density at radius 2 is 1.90 bits per heavy atom. The molecule has 2 rings (SSSR count). The van der Waals surface area contributed by atoms with Crippen LogP contribution in [-0.4, -0.2) is 29.9 Å². The van der Waals surface area contributed by atoms with Crippen molar-refractivity contribution in [1.82, 2.24) is 0 Å². The van der Waals surface area contributed by atoms with Gasteiger partial charge in [-0.2, -0.15) is 0 Å². The van der Waals surface area contributed by atoms with Crippen LogP contribution in [0.25, 0.3) is 0 Å². The highest BCUT2D eigenvalue weighted by molar-refractivity contribution is 7.99. The first-order valence-electron chi connectivity index (χ1n) is 6.55. The molecule has 21 heavy (non-hydrogen) atoms. The molecule has 0 aliphatic rings. The second-order valence-electron chi connectivity index (χ2n) is 4.46. The van der Waals surface area contributed by atoms with Gasteiger partial charge in [-0.25, -0.2) is 0 Å². The molecule has 0 unspecified atom stereocenters. The molecule has 0 aliphatic carbocycles. The third-order valence-corrected chi connectivity index (χ3v) is 4.10. The highest BCUT2D eigenvalue weighted by atomic mass is 35.5. The fourth-order valence-corrected chi connectivity index (χ4v) is 3.01. The summed E-state index contributed by atoms with van der Waals surface area (Å²) in [6.45, 7) is 0.613. The number of thioether (sulfide) groups is 1. The van der Waals surface area contributed by atoms with Crippen LogP contribution in [0.1, 0.15) is 0 Å². The van der Waals surface area contributed by atoms with Crippen LogP contribution in [0, 0.1) is 0 Å². The number of hydrogen-bond donors (Lipinski definition) is 1. The number of anilines is 1. The smallest absolute Gasteiger partial charge is 0.323 e. The van der Waals surface area contributed by atoms with E-state index in [4.69, 9.17) is 16.7 Å². The molecule has 0 radical (unpaired) electrons. The number of carboxylic acids is 1. The van der Waals surface area contributed by atoms with Gasteiger partial charge in [0.25, 0.3) is 0 Å². The molecule has 0 amide bonds. The molecule has 3 nitrogen and oxygen atoms in total. The number of carbonyl (C=O) groups is 1. The molecule has 0 spiro atoms. The Morgan fingerprint density at radius 3 is 2.57 bits per heavy atom. The fourth-order valence-electron chi connectivity index (χ4n) is 1.93. The van der Waals surface area contributed by atoms with Crippen LogP contribution >= 0.6 is 23.4 Å².